The van der Waals surface area contributed by atoms with E-state index in [1.807, 2.05) is 6.92 Å². The topological polar surface area (TPSA) is 0 Å². The van der Waals surface area contributed by atoms with Crippen molar-refractivity contribution in [3.05, 3.63) is 0 Å². The van der Waals surface area contributed by atoms with Crippen molar-refractivity contribution >= 4 is 28.1 Å². The van der Waals surface area contributed by atoms with Crippen LogP contribution in [0.15, 0.2) is 0 Å². The summed E-state index contributed by atoms with van der Waals surface area (Å²) >= 11 is 6.19. The summed E-state index contributed by atoms with van der Waals surface area (Å²) in [5.74, 6) is 0. The molecule has 0 aliphatic heterocycles. The number of halogens is 1. The molecule has 0 N–H and O–H groups in total. The molecule has 0 amide bonds. The molecule has 2 heteroatoms. The normalized spacial score (nSPS) is 16.5. The predicted octanol–water partition coefficient (Wildman–Crippen LogP) is -0.0634. The van der Waals surface area contributed by atoms with Gasteiger partial charge in [0.25, 0.3) is 0 Å². The Morgan fingerprint density at radius 1 is 2.00 bits per heavy atom. The molecule has 0 saturated carbocycles. The Hall–Kier alpha value is 0.833. The van der Waals surface area contributed by atoms with Crippen molar-refractivity contribution in [2.45, 2.75) is 11.1 Å². The Morgan fingerprint density at radius 2 is 2.00 bits per heavy atom. The molecule has 1 atom stereocenters. The van der Waals surface area contributed by atoms with E-state index in [4.69, 9.17) is 11.6 Å². The van der Waals surface area contributed by atoms with Crippen molar-refractivity contribution in [3.63, 3.8) is 0 Å². The van der Waals surface area contributed by atoms with Gasteiger partial charge in [0.05, 0.1) is 0 Å². The number of hydrogen-bond acceptors (Lipinski definition) is 0. The van der Waals surface area contributed by atoms with Crippen LogP contribution in [0.4, 0.5) is 0 Å². The van der Waals surface area contributed by atoms with Crippen LogP contribution in [0.5, 0.6) is 0 Å². The first-order chi connectivity index (χ1) is 1.73. The monoisotopic (exact) mass is 140 g/mol. The van der Waals surface area contributed by atoms with Gasteiger partial charge in [-0.25, -0.2) is 0 Å². The van der Waals surface area contributed by atoms with Crippen LogP contribution in [-0.2, 0) is 0 Å². The summed E-state index contributed by atoms with van der Waals surface area (Å²) in [4.78, 5) is 0. The van der Waals surface area contributed by atoms with Crippen LogP contribution >= 0.6 is 11.6 Å². The Morgan fingerprint density at radius 3 is 2.00 bits per heavy atom. The first kappa shape index (κ1) is 4.83. The molecule has 0 aromatic rings. The van der Waals surface area contributed by atoms with E-state index in [1.165, 1.54) is 0 Å². The second kappa shape index (κ2) is 2.09. The fourth-order valence-corrected chi connectivity index (χ4v) is 0. The van der Waals surface area contributed by atoms with E-state index >= 15 is 0 Å². The fourth-order valence-electron chi connectivity index (χ4n) is 0. The van der Waals surface area contributed by atoms with Crippen molar-refractivity contribution in [2.75, 3.05) is 0 Å². The molecule has 0 spiro atoms. The van der Waals surface area contributed by atoms with Crippen LogP contribution < -0.4 is 0 Å². The standard InChI is InChI=1S/C2H7ClGe/c1-2(3)4/h2H,1,4H3. The zero-order valence-electron chi connectivity index (χ0n) is 2.96. The summed E-state index contributed by atoms with van der Waals surface area (Å²) in [6.07, 6.45) is 0. The van der Waals surface area contributed by atoms with E-state index in [-0.39, 0.29) is 0 Å². The molecule has 0 aromatic carbocycles. The number of hydrogen-bond donors (Lipinski definition) is 0. The second-order valence-electron chi connectivity index (χ2n) is 1.01. The average molecular weight is 139 g/mol. The molecule has 0 nitrogen and oxygen atoms in total. The van der Waals surface area contributed by atoms with E-state index in [1.54, 1.807) is 0 Å². The summed E-state index contributed by atoms with van der Waals surface area (Å²) in [7, 11) is 0. The first-order valence-electron chi connectivity index (χ1n) is 1.37. The van der Waals surface area contributed by atoms with Gasteiger partial charge in [-0.15, -0.1) is 0 Å². The van der Waals surface area contributed by atoms with Crippen LogP contribution in [0.25, 0.3) is 0 Å². The molecular weight excluding hydrogens is 132 g/mol. The molecule has 0 rings (SSSR count). The van der Waals surface area contributed by atoms with Gasteiger partial charge in [0.1, 0.15) is 0 Å². The van der Waals surface area contributed by atoms with Gasteiger partial charge < -0.3 is 0 Å². The quantitative estimate of drug-likeness (QED) is 0.326. The van der Waals surface area contributed by atoms with Gasteiger partial charge in [-0.1, -0.05) is 0 Å². The van der Waals surface area contributed by atoms with Gasteiger partial charge >= 0.3 is 39.2 Å². The van der Waals surface area contributed by atoms with Crippen molar-refractivity contribution in [2.24, 2.45) is 0 Å². The Bertz CT molecular complexity index is 10.8. The molecular formula is C2H7ClGe. The number of rotatable bonds is 0. The fraction of sp³-hybridized carbons (Fsp3) is 1.00. The van der Waals surface area contributed by atoms with Crippen LogP contribution in [0.2, 0.25) is 0 Å². The van der Waals surface area contributed by atoms with Crippen LogP contribution in [0.1, 0.15) is 6.92 Å². The molecule has 4 heavy (non-hydrogen) atoms. The van der Waals surface area contributed by atoms with Crippen LogP contribution in [0.3, 0.4) is 0 Å². The Kier molecular flexibility index (Phi) is 2.53. The molecule has 0 aromatic heterocycles. The first-order valence-corrected chi connectivity index (χ1v) is 4.23. The zero-order valence-corrected chi connectivity index (χ0v) is 7.91. The van der Waals surface area contributed by atoms with Crippen molar-refractivity contribution in [3.8, 4) is 0 Å². The molecule has 0 fully saturated rings. The third-order valence-corrected chi connectivity index (χ3v) is 0. The molecule has 26 valence electrons. The van der Waals surface area contributed by atoms with Crippen LogP contribution in [-0.4, -0.2) is 20.7 Å². The van der Waals surface area contributed by atoms with Gasteiger partial charge in [-0.05, 0) is 0 Å². The van der Waals surface area contributed by atoms with E-state index in [0.717, 1.165) is 16.5 Å². The van der Waals surface area contributed by atoms with Crippen molar-refractivity contribution in [1.29, 1.82) is 0 Å². The summed E-state index contributed by atoms with van der Waals surface area (Å²) in [6, 6.07) is 0. The predicted molar refractivity (Wildman–Crippen MR) is 25.3 cm³/mol. The molecule has 0 bridgehead atoms. The van der Waals surface area contributed by atoms with Gasteiger partial charge in [0.15, 0.2) is 0 Å². The van der Waals surface area contributed by atoms with E-state index < -0.39 is 0 Å². The van der Waals surface area contributed by atoms with Crippen molar-refractivity contribution in [1.82, 2.24) is 0 Å². The van der Waals surface area contributed by atoms with Gasteiger partial charge in [-0.3, -0.25) is 0 Å². The van der Waals surface area contributed by atoms with Gasteiger partial charge in [0, 0.05) is 0 Å². The Balaban J connectivity index is 2.32. The summed E-state index contributed by atoms with van der Waals surface area (Å²) in [5.41, 5.74) is 0. The van der Waals surface area contributed by atoms with Gasteiger partial charge in [0.2, 0.25) is 0 Å². The van der Waals surface area contributed by atoms with E-state index in [9.17, 15) is 0 Å². The third kappa shape index (κ3) is 13.7. The second-order valence-corrected chi connectivity index (χ2v) is 7.06. The Labute approximate surface area is 39.8 Å². The maximum atomic E-state index is 5.36. The molecule has 0 aliphatic rings. The average Bonchev–Trinajstić information content (AvgIpc) is 0.811. The van der Waals surface area contributed by atoms with Gasteiger partial charge in [-0.2, -0.15) is 0 Å². The maximum absolute atomic E-state index is 5.36. The SMILES string of the molecule is C[CH](Cl)[GeH3]. The minimum absolute atomic E-state index is 0.493. The molecule has 1 unspecified atom stereocenters. The third-order valence-electron chi connectivity index (χ3n) is 0. The number of alkyl halides is 1. The van der Waals surface area contributed by atoms with E-state index in [2.05, 4.69) is 0 Å². The summed E-state index contributed by atoms with van der Waals surface area (Å²) in [5, 5.41) is 0. The van der Waals surface area contributed by atoms with Crippen LogP contribution in [0, 0.1) is 0 Å². The van der Waals surface area contributed by atoms with E-state index in [0.29, 0.717) is 4.21 Å². The molecule has 0 aliphatic carbocycles. The van der Waals surface area contributed by atoms with Crippen molar-refractivity contribution < 1.29 is 0 Å². The minimum atomic E-state index is 0.493. The summed E-state index contributed by atoms with van der Waals surface area (Å²) in [6.45, 7) is 2.02. The summed E-state index contributed by atoms with van der Waals surface area (Å²) < 4.78 is 0.493. The zero-order chi connectivity index (χ0) is 3.58. The molecule has 0 radical (unpaired) electrons. The molecule has 0 saturated heterocycles. The molecule has 0 heterocycles.